The number of rotatable bonds is 10. The van der Waals surface area contributed by atoms with E-state index in [4.69, 9.17) is 14.2 Å². The van der Waals surface area contributed by atoms with E-state index in [0.29, 0.717) is 40.4 Å². The fourth-order valence-corrected chi connectivity index (χ4v) is 5.59. The van der Waals surface area contributed by atoms with Crippen molar-refractivity contribution in [3.8, 4) is 23.0 Å². The van der Waals surface area contributed by atoms with Crippen LogP contribution in [0.15, 0.2) is 97.2 Å². The lowest BCUT2D eigenvalue weighted by Crippen LogP contribution is -2.20. The third-order valence-corrected chi connectivity index (χ3v) is 8.15. The molecule has 10 heteroatoms. The number of pyridine rings is 1. The Bertz CT molecular complexity index is 1920. The molecule has 1 saturated carbocycles. The number of fused-ring (bicyclic) bond motifs is 1. The van der Waals surface area contributed by atoms with Crippen molar-refractivity contribution < 1.29 is 32.6 Å². The van der Waals surface area contributed by atoms with Crippen LogP contribution in [0.4, 0.5) is 20.2 Å². The van der Waals surface area contributed by atoms with Crippen molar-refractivity contribution in [3.05, 3.63) is 114 Å². The lowest BCUT2D eigenvalue weighted by atomic mass is 10.1. The van der Waals surface area contributed by atoms with Crippen LogP contribution < -0.4 is 24.8 Å². The number of carbonyl (C=O) groups excluding carboxylic acids is 2. The van der Waals surface area contributed by atoms with Gasteiger partial charge in [-0.15, -0.1) is 0 Å². The molecule has 5 aromatic rings. The normalized spacial score (nSPS) is 16.4. The Kier molecular flexibility index (Phi) is 8.27. The Morgan fingerprint density at radius 2 is 1.46 bits per heavy atom. The fourth-order valence-electron chi connectivity index (χ4n) is 5.59. The lowest BCUT2D eigenvalue weighted by Gasteiger charge is -2.15. The lowest BCUT2D eigenvalue weighted by molar-refractivity contribution is -0.122. The summed E-state index contributed by atoms with van der Waals surface area (Å²) in [6.45, 7) is 3.95. The van der Waals surface area contributed by atoms with Crippen molar-refractivity contribution in [1.29, 1.82) is 0 Å². The molecule has 2 atom stereocenters. The molecule has 4 aromatic carbocycles. The molecule has 46 heavy (non-hydrogen) atoms. The first-order valence-corrected chi connectivity index (χ1v) is 14.6. The fraction of sp³-hybridized carbons (Fsp3) is 0.194. The molecule has 1 fully saturated rings. The number of anilines is 2. The van der Waals surface area contributed by atoms with Gasteiger partial charge in [-0.1, -0.05) is 44.2 Å². The van der Waals surface area contributed by atoms with Crippen molar-refractivity contribution in [2.45, 2.75) is 20.5 Å². The number of halogens is 2. The van der Waals surface area contributed by atoms with Crippen LogP contribution in [0.5, 0.6) is 23.0 Å². The van der Waals surface area contributed by atoms with E-state index in [1.54, 1.807) is 31.5 Å². The topological polar surface area (TPSA) is 98.8 Å². The van der Waals surface area contributed by atoms with Crippen molar-refractivity contribution in [2.24, 2.45) is 17.3 Å². The van der Waals surface area contributed by atoms with Gasteiger partial charge in [0, 0.05) is 35.1 Å². The summed E-state index contributed by atoms with van der Waals surface area (Å²) in [5.41, 5.74) is 1.58. The zero-order chi connectivity index (χ0) is 32.4. The first-order valence-electron chi connectivity index (χ1n) is 14.6. The number of methoxy groups -OCH3 is 1. The molecule has 1 aliphatic rings. The third kappa shape index (κ3) is 6.32. The van der Waals surface area contributed by atoms with Gasteiger partial charge < -0.3 is 24.8 Å². The highest BCUT2D eigenvalue weighted by atomic mass is 19.1. The zero-order valence-corrected chi connectivity index (χ0v) is 25.3. The maximum atomic E-state index is 15.3. The molecule has 0 aliphatic heterocycles. The van der Waals surface area contributed by atoms with E-state index < -0.39 is 34.8 Å². The van der Waals surface area contributed by atoms with Crippen LogP contribution in [0, 0.1) is 28.9 Å². The molecular weight excluding hydrogens is 592 g/mol. The molecule has 2 N–H and O–H groups in total. The van der Waals surface area contributed by atoms with Gasteiger partial charge in [-0.25, -0.2) is 8.78 Å². The molecule has 1 aliphatic carbocycles. The minimum atomic E-state index is -0.697. The van der Waals surface area contributed by atoms with Gasteiger partial charge in [-0.3, -0.25) is 14.6 Å². The summed E-state index contributed by atoms with van der Waals surface area (Å²) in [4.78, 5) is 30.4. The molecule has 1 aromatic heterocycles. The first-order chi connectivity index (χ1) is 22.1. The average Bonchev–Trinajstić information content (AvgIpc) is 3.64. The molecular formula is C36H31F2N3O5. The van der Waals surface area contributed by atoms with E-state index >= 15 is 4.39 Å². The van der Waals surface area contributed by atoms with Crippen LogP contribution in [-0.2, 0) is 16.2 Å². The number of ether oxygens (including phenoxy) is 3. The van der Waals surface area contributed by atoms with E-state index in [-0.39, 0.29) is 17.3 Å². The van der Waals surface area contributed by atoms with E-state index in [2.05, 4.69) is 15.6 Å². The largest absolute Gasteiger partial charge is 0.493 e. The highest BCUT2D eigenvalue weighted by molar-refractivity contribution is 6.04. The van der Waals surface area contributed by atoms with Gasteiger partial charge in [0.1, 0.15) is 18.2 Å². The summed E-state index contributed by atoms with van der Waals surface area (Å²) in [5.74, 6) is -1.85. The smallest absolute Gasteiger partial charge is 0.228 e. The van der Waals surface area contributed by atoms with Gasteiger partial charge in [0.05, 0.1) is 24.5 Å². The molecule has 234 valence electrons. The quantitative estimate of drug-likeness (QED) is 0.165. The summed E-state index contributed by atoms with van der Waals surface area (Å²) in [5, 5.41) is 6.04. The summed E-state index contributed by atoms with van der Waals surface area (Å²) in [6, 6.07) is 24.3. The van der Waals surface area contributed by atoms with Gasteiger partial charge in [0.25, 0.3) is 0 Å². The molecule has 0 spiro atoms. The SMILES string of the molecule is COc1cc2nccc(Oc3ccc(NC(=O)[C@H]4[C@@H](C(=O)Nc5ccc(F)cc5)C4(C)C)cc3F)c2cc1OCc1ccccc1. The van der Waals surface area contributed by atoms with Crippen LogP contribution in [0.3, 0.4) is 0 Å². The van der Waals surface area contributed by atoms with E-state index in [0.717, 1.165) is 11.6 Å². The Morgan fingerprint density at radius 1 is 0.783 bits per heavy atom. The second kappa shape index (κ2) is 12.5. The van der Waals surface area contributed by atoms with Crippen molar-refractivity contribution in [2.75, 3.05) is 17.7 Å². The number of hydrogen-bond donors (Lipinski definition) is 2. The summed E-state index contributed by atoms with van der Waals surface area (Å²) < 4.78 is 46.1. The monoisotopic (exact) mass is 623 g/mol. The van der Waals surface area contributed by atoms with Gasteiger partial charge >= 0.3 is 0 Å². The highest BCUT2D eigenvalue weighted by Crippen LogP contribution is 2.59. The molecule has 0 unspecified atom stereocenters. The number of benzene rings is 4. The van der Waals surface area contributed by atoms with Gasteiger partial charge in [0.2, 0.25) is 11.8 Å². The molecule has 0 bridgehead atoms. The predicted molar refractivity (Wildman–Crippen MR) is 170 cm³/mol. The third-order valence-electron chi connectivity index (χ3n) is 8.15. The number of nitrogens with one attached hydrogen (secondary N) is 2. The van der Waals surface area contributed by atoms with E-state index in [1.165, 1.54) is 36.4 Å². The van der Waals surface area contributed by atoms with Crippen LogP contribution in [-0.4, -0.2) is 23.9 Å². The number of aromatic nitrogens is 1. The molecule has 2 amide bonds. The van der Waals surface area contributed by atoms with Crippen LogP contribution >= 0.6 is 0 Å². The van der Waals surface area contributed by atoms with Crippen LogP contribution in [0.2, 0.25) is 0 Å². The van der Waals surface area contributed by atoms with Gasteiger partial charge in [-0.2, -0.15) is 0 Å². The van der Waals surface area contributed by atoms with Crippen molar-refractivity contribution in [1.82, 2.24) is 4.98 Å². The van der Waals surface area contributed by atoms with Crippen molar-refractivity contribution in [3.63, 3.8) is 0 Å². The van der Waals surface area contributed by atoms with Crippen LogP contribution in [0.25, 0.3) is 10.9 Å². The maximum Gasteiger partial charge on any atom is 0.228 e. The predicted octanol–water partition coefficient (Wildman–Crippen LogP) is 7.74. The van der Waals surface area contributed by atoms with Gasteiger partial charge in [0.15, 0.2) is 23.1 Å². The number of nitrogens with zero attached hydrogens (tertiary/aromatic N) is 1. The van der Waals surface area contributed by atoms with E-state index in [9.17, 15) is 14.0 Å². The number of amides is 2. The zero-order valence-electron chi connectivity index (χ0n) is 25.3. The van der Waals surface area contributed by atoms with E-state index in [1.807, 2.05) is 44.2 Å². The average molecular weight is 624 g/mol. The second-order valence-electron chi connectivity index (χ2n) is 11.6. The molecule has 0 saturated heterocycles. The number of carbonyl (C=O) groups is 2. The Balaban J connectivity index is 1.15. The Morgan fingerprint density at radius 3 is 2.13 bits per heavy atom. The second-order valence-corrected chi connectivity index (χ2v) is 11.6. The Hall–Kier alpha value is -5.51. The minimum Gasteiger partial charge on any atom is -0.493 e. The standard InChI is InChI=1S/C36H31F2N3O5/c1-36(2)32(34(42)40-23-11-9-22(37)10-12-23)33(36)35(43)41-24-13-14-29(26(38)17-24)46-28-15-16-39-27-19-30(44-3)31(18-25(27)28)45-20-21-7-5-4-6-8-21/h4-19,32-33H,20H2,1-3H3,(H,40,42)(H,41,43)/t32-,33+/m0/s1. The molecule has 0 radical (unpaired) electrons. The number of hydrogen-bond acceptors (Lipinski definition) is 6. The van der Waals surface area contributed by atoms with Crippen molar-refractivity contribution >= 4 is 34.1 Å². The highest BCUT2D eigenvalue weighted by Gasteiger charge is 2.65. The summed E-state index contributed by atoms with van der Waals surface area (Å²) >= 11 is 0. The van der Waals surface area contributed by atoms with Gasteiger partial charge in [-0.05, 0) is 59.5 Å². The molecule has 1 heterocycles. The summed E-state index contributed by atoms with van der Waals surface area (Å²) in [6.07, 6.45) is 1.55. The maximum absolute atomic E-state index is 15.3. The minimum absolute atomic E-state index is 0.0589. The van der Waals surface area contributed by atoms with Crippen LogP contribution in [0.1, 0.15) is 19.4 Å². The first kappa shape index (κ1) is 30.5. The molecule has 8 nitrogen and oxygen atoms in total. The molecule has 6 rings (SSSR count). The Labute approximate surface area is 264 Å². The summed E-state index contributed by atoms with van der Waals surface area (Å²) in [7, 11) is 1.54.